The van der Waals surface area contributed by atoms with Crippen molar-refractivity contribution in [1.29, 1.82) is 0 Å². The van der Waals surface area contributed by atoms with E-state index in [4.69, 9.17) is 5.73 Å². The number of nitrogens with two attached hydrogens (primary N) is 1. The lowest BCUT2D eigenvalue weighted by Crippen LogP contribution is -2.52. The molecule has 5 aliphatic rings. The van der Waals surface area contributed by atoms with Gasteiger partial charge in [-0.15, -0.1) is 0 Å². The predicted octanol–water partition coefficient (Wildman–Crippen LogP) is 1.01. The summed E-state index contributed by atoms with van der Waals surface area (Å²) in [4.78, 5) is 40.9. The van der Waals surface area contributed by atoms with Gasteiger partial charge in [0.05, 0.1) is 0 Å². The third-order valence-electron chi connectivity index (χ3n) is 7.24. The second kappa shape index (κ2) is 7.22. The van der Waals surface area contributed by atoms with Gasteiger partial charge in [-0.05, 0) is 54.7 Å². The first-order valence-corrected chi connectivity index (χ1v) is 10.7. The molecule has 6 rings (SSSR count). The van der Waals surface area contributed by atoms with Crippen LogP contribution in [0.2, 0.25) is 0 Å². The molecular formula is C22H28N4O3. The summed E-state index contributed by atoms with van der Waals surface area (Å²) in [6.07, 6.45) is 4.28. The Morgan fingerprint density at radius 1 is 1.10 bits per heavy atom. The minimum atomic E-state index is -0.563. The topological polar surface area (TPSA) is 95.7 Å². The Bertz CT molecular complexity index is 870. The molecule has 7 nitrogen and oxygen atoms in total. The summed E-state index contributed by atoms with van der Waals surface area (Å²) in [6, 6.07) is 5.65. The Hall–Kier alpha value is -2.25. The van der Waals surface area contributed by atoms with E-state index in [1.165, 1.54) is 18.4 Å². The number of piperidine rings is 1. The predicted molar refractivity (Wildman–Crippen MR) is 107 cm³/mol. The summed E-state index contributed by atoms with van der Waals surface area (Å²) < 4.78 is 0. The largest absolute Gasteiger partial charge is 0.327 e. The van der Waals surface area contributed by atoms with E-state index in [-0.39, 0.29) is 24.1 Å². The summed E-state index contributed by atoms with van der Waals surface area (Å²) in [6.45, 7) is 3.35. The number of rotatable bonds is 3. The molecule has 1 aliphatic carbocycles. The number of hydrogen-bond donors (Lipinski definition) is 2. The lowest BCUT2D eigenvalue weighted by Gasteiger charge is -2.29. The van der Waals surface area contributed by atoms with Gasteiger partial charge in [0.2, 0.25) is 11.8 Å². The van der Waals surface area contributed by atoms with E-state index in [1.807, 2.05) is 12.1 Å². The average molecular weight is 396 g/mol. The third kappa shape index (κ3) is 3.36. The van der Waals surface area contributed by atoms with E-state index < -0.39 is 6.04 Å². The van der Waals surface area contributed by atoms with Crippen LogP contribution in [0.15, 0.2) is 18.2 Å². The van der Waals surface area contributed by atoms with Crippen LogP contribution < -0.4 is 11.1 Å². The Kier molecular flexibility index (Phi) is 4.67. The number of carbonyl (C=O) groups excluding carboxylic acids is 3. The van der Waals surface area contributed by atoms with Crippen molar-refractivity contribution in [2.75, 3.05) is 13.1 Å². The van der Waals surface area contributed by atoms with Crippen LogP contribution >= 0.6 is 0 Å². The summed E-state index contributed by atoms with van der Waals surface area (Å²) in [5.41, 5.74) is 9.26. The van der Waals surface area contributed by atoms with Crippen molar-refractivity contribution in [1.82, 2.24) is 15.1 Å². The molecule has 2 bridgehead atoms. The fourth-order valence-electron chi connectivity index (χ4n) is 5.69. The van der Waals surface area contributed by atoms with E-state index in [0.29, 0.717) is 36.4 Å². The first-order chi connectivity index (χ1) is 14.0. The second-order valence-electron chi connectivity index (χ2n) is 9.14. The van der Waals surface area contributed by atoms with Crippen LogP contribution in [-0.4, -0.2) is 52.7 Å². The molecule has 1 aromatic carbocycles. The first kappa shape index (κ1) is 18.8. The monoisotopic (exact) mass is 396 g/mol. The van der Waals surface area contributed by atoms with E-state index in [0.717, 1.165) is 31.6 Å². The highest BCUT2D eigenvalue weighted by Crippen LogP contribution is 2.35. The summed E-state index contributed by atoms with van der Waals surface area (Å²) in [5.74, 6) is 0.510. The molecule has 154 valence electrons. The molecule has 4 atom stereocenters. The van der Waals surface area contributed by atoms with Crippen LogP contribution in [0, 0.1) is 11.8 Å². The molecule has 29 heavy (non-hydrogen) atoms. The highest BCUT2D eigenvalue weighted by molar-refractivity contribution is 6.05. The molecule has 0 aromatic heterocycles. The molecule has 3 saturated heterocycles. The van der Waals surface area contributed by atoms with Gasteiger partial charge >= 0.3 is 0 Å². The van der Waals surface area contributed by atoms with Gasteiger partial charge in [-0.2, -0.15) is 0 Å². The lowest BCUT2D eigenvalue weighted by atomic mass is 9.81. The van der Waals surface area contributed by atoms with Crippen LogP contribution in [0.4, 0.5) is 0 Å². The molecule has 4 fully saturated rings. The van der Waals surface area contributed by atoms with Gasteiger partial charge in [0.25, 0.3) is 5.91 Å². The van der Waals surface area contributed by atoms with Crippen LogP contribution in [0.3, 0.4) is 0 Å². The van der Waals surface area contributed by atoms with Gasteiger partial charge in [0.1, 0.15) is 6.04 Å². The summed E-state index contributed by atoms with van der Waals surface area (Å²) in [5, 5.41) is 2.37. The van der Waals surface area contributed by atoms with Crippen molar-refractivity contribution in [2.24, 2.45) is 17.6 Å². The maximum atomic E-state index is 13.0. The van der Waals surface area contributed by atoms with Gasteiger partial charge in [0, 0.05) is 44.2 Å². The highest BCUT2D eigenvalue weighted by Gasteiger charge is 2.40. The number of benzene rings is 1. The van der Waals surface area contributed by atoms with E-state index in [2.05, 4.69) is 16.3 Å². The number of imide groups is 1. The van der Waals surface area contributed by atoms with Crippen LogP contribution in [-0.2, 0) is 22.7 Å². The number of carbonyl (C=O) groups is 3. The zero-order chi connectivity index (χ0) is 20.1. The SMILES string of the molecule is N[C@@H]1C[C@@H]2CC[C@H]1CN(Cc1cccc3c1CN(C1CCC(=O)NC1=O)C3=O)C2. The van der Waals surface area contributed by atoms with Crippen molar-refractivity contribution < 1.29 is 14.4 Å². The van der Waals surface area contributed by atoms with Crippen LogP contribution in [0.25, 0.3) is 0 Å². The Morgan fingerprint density at radius 2 is 1.97 bits per heavy atom. The number of hydrogen-bond acceptors (Lipinski definition) is 5. The van der Waals surface area contributed by atoms with Crippen molar-refractivity contribution in [2.45, 2.75) is 57.3 Å². The minimum absolute atomic E-state index is 0.102. The summed E-state index contributed by atoms with van der Waals surface area (Å²) >= 11 is 0. The molecule has 1 saturated carbocycles. The number of nitrogens with one attached hydrogen (secondary N) is 1. The van der Waals surface area contributed by atoms with Crippen molar-refractivity contribution >= 4 is 17.7 Å². The fraction of sp³-hybridized carbons (Fsp3) is 0.591. The average Bonchev–Trinajstić information content (AvgIpc) is 2.82. The van der Waals surface area contributed by atoms with Crippen molar-refractivity contribution in [3.05, 3.63) is 34.9 Å². The molecule has 1 unspecified atom stereocenters. The molecule has 3 amide bonds. The third-order valence-corrected chi connectivity index (χ3v) is 7.24. The zero-order valence-corrected chi connectivity index (χ0v) is 16.6. The maximum absolute atomic E-state index is 13.0. The van der Waals surface area contributed by atoms with Crippen molar-refractivity contribution in [3.8, 4) is 0 Å². The van der Waals surface area contributed by atoms with Gasteiger partial charge in [-0.1, -0.05) is 12.1 Å². The van der Waals surface area contributed by atoms with E-state index in [1.54, 1.807) is 4.90 Å². The summed E-state index contributed by atoms with van der Waals surface area (Å²) in [7, 11) is 0. The standard InChI is InChI=1S/C22H28N4O3/c23-18-8-13-4-5-15(18)11-25(9-13)10-14-2-1-3-16-17(14)12-26(22(16)29)19-6-7-20(27)24-21(19)28/h1-3,13,15,18-19H,4-12,23H2,(H,24,27,28)/t13-,15-,18+,19?/m0/s1. The maximum Gasteiger partial charge on any atom is 0.255 e. The Morgan fingerprint density at radius 3 is 2.76 bits per heavy atom. The minimum Gasteiger partial charge on any atom is -0.327 e. The Labute approximate surface area is 170 Å². The first-order valence-electron chi connectivity index (χ1n) is 10.7. The molecular weight excluding hydrogens is 368 g/mol. The highest BCUT2D eigenvalue weighted by atomic mass is 16.2. The van der Waals surface area contributed by atoms with E-state index >= 15 is 0 Å². The second-order valence-corrected chi connectivity index (χ2v) is 9.14. The number of fused-ring (bicyclic) bond motifs is 5. The zero-order valence-electron chi connectivity index (χ0n) is 16.6. The smallest absolute Gasteiger partial charge is 0.255 e. The van der Waals surface area contributed by atoms with Crippen LogP contribution in [0.5, 0.6) is 0 Å². The van der Waals surface area contributed by atoms with Crippen LogP contribution in [0.1, 0.15) is 53.6 Å². The van der Waals surface area contributed by atoms with Gasteiger partial charge in [-0.25, -0.2) is 0 Å². The molecule has 4 aliphatic heterocycles. The fourth-order valence-corrected chi connectivity index (χ4v) is 5.69. The number of amides is 3. The molecule has 4 heterocycles. The number of nitrogens with zero attached hydrogens (tertiary/aromatic N) is 2. The molecule has 3 N–H and O–H groups in total. The molecule has 0 radical (unpaired) electrons. The van der Waals surface area contributed by atoms with Gasteiger partial charge in [0.15, 0.2) is 0 Å². The molecule has 1 aromatic rings. The quantitative estimate of drug-likeness (QED) is 0.744. The Balaban J connectivity index is 1.36. The van der Waals surface area contributed by atoms with E-state index in [9.17, 15) is 14.4 Å². The van der Waals surface area contributed by atoms with Crippen molar-refractivity contribution in [3.63, 3.8) is 0 Å². The molecule has 7 heteroatoms. The van der Waals surface area contributed by atoms with Gasteiger partial charge < -0.3 is 10.6 Å². The lowest BCUT2D eigenvalue weighted by molar-refractivity contribution is -0.136. The normalized spacial score (nSPS) is 32.3. The molecule has 0 spiro atoms. The van der Waals surface area contributed by atoms with Gasteiger partial charge in [-0.3, -0.25) is 24.6 Å².